The summed E-state index contributed by atoms with van der Waals surface area (Å²) in [6, 6.07) is 10.8. The summed E-state index contributed by atoms with van der Waals surface area (Å²) in [6.07, 6.45) is -0.502. The van der Waals surface area contributed by atoms with Crippen molar-refractivity contribution in [3.63, 3.8) is 0 Å². The van der Waals surface area contributed by atoms with Crippen molar-refractivity contribution in [1.29, 1.82) is 0 Å². The fourth-order valence-corrected chi connectivity index (χ4v) is 4.76. The van der Waals surface area contributed by atoms with E-state index in [1.165, 1.54) is 12.1 Å². The first-order chi connectivity index (χ1) is 11.8. The van der Waals surface area contributed by atoms with Crippen LogP contribution in [0.2, 0.25) is 0 Å². The molecule has 0 fully saturated rings. The summed E-state index contributed by atoms with van der Waals surface area (Å²) in [5.41, 5.74) is 1.57. The minimum absolute atomic E-state index is 0.107. The molecule has 3 rings (SSSR count). The molecular weight excluding hydrogens is 345 g/mol. The van der Waals surface area contributed by atoms with Crippen LogP contribution >= 0.6 is 0 Å². The fourth-order valence-electron chi connectivity index (χ4n) is 2.93. The van der Waals surface area contributed by atoms with E-state index in [0.717, 1.165) is 11.6 Å². The SMILES string of the molecule is Cc1ccccc1CS(=O)(=O)C1N=c2ccc(F)cc2=C1CC(=O)O. The molecule has 1 N–H and O–H groups in total. The highest BCUT2D eigenvalue weighted by Crippen LogP contribution is 2.24. The summed E-state index contributed by atoms with van der Waals surface area (Å²) in [6.45, 7) is 1.81. The number of aryl methyl sites for hydroxylation is 1. The van der Waals surface area contributed by atoms with Crippen LogP contribution in [0.5, 0.6) is 0 Å². The molecule has 0 saturated heterocycles. The number of hydrogen-bond acceptors (Lipinski definition) is 4. The van der Waals surface area contributed by atoms with Crippen molar-refractivity contribution in [2.75, 3.05) is 0 Å². The van der Waals surface area contributed by atoms with Crippen LogP contribution < -0.4 is 10.6 Å². The molecule has 0 spiro atoms. The first-order valence-electron chi connectivity index (χ1n) is 7.62. The lowest BCUT2D eigenvalue weighted by atomic mass is 10.1. The third-order valence-electron chi connectivity index (χ3n) is 4.16. The molecule has 0 amide bonds. The highest BCUT2D eigenvalue weighted by atomic mass is 32.2. The molecule has 0 aliphatic carbocycles. The van der Waals surface area contributed by atoms with E-state index in [0.29, 0.717) is 10.9 Å². The first-order valence-corrected chi connectivity index (χ1v) is 9.34. The lowest BCUT2D eigenvalue weighted by molar-refractivity contribution is -0.135. The Kier molecular flexibility index (Phi) is 4.43. The highest BCUT2D eigenvalue weighted by molar-refractivity contribution is 7.91. The molecule has 130 valence electrons. The van der Waals surface area contributed by atoms with Gasteiger partial charge in [0, 0.05) is 5.22 Å². The molecule has 0 radical (unpaired) electrons. The van der Waals surface area contributed by atoms with Crippen LogP contribution in [0.3, 0.4) is 0 Å². The third-order valence-corrected chi connectivity index (χ3v) is 5.94. The fraction of sp³-hybridized carbons (Fsp3) is 0.222. The van der Waals surface area contributed by atoms with Gasteiger partial charge in [-0.2, -0.15) is 0 Å². The van der Waals surface area contributed by atoms with Gasteiger partial charge >= 0.3 is 5.97 Å². The van der Waals surface area contributed by atoms with Crippen molar-refractivity contribution in [2.45, 2.75) is 24.5 Å². The van der Waals surface area contributed by atoms with Crippen LogP contribution in [0, 0.1) is 12.7 Å². The molecule has 0 saturated carbocycles. The minimum Gasteiger partial charge on any atom is -0.481 e. The van der Waals surface area contributed by atoms with Gasteiger partial charge in [-0.3, -0.25) is 9.79 Å². The number of sulfone groups is 1. The highest BCUT2D eigenvalue weighted by Gasteiger charge is 2.33. The number of carboxylic acid groups (broad SMARTS) is 1. The van der Waals surface area contributed by atoms with Gasteiger partial charge in [0.05, 0.1) is 17.5 Å². The van der Waals surface area contributed by atoms with Gasteiger partial charge < -0.3 is 5.11 Å². The summed E-state index contributed by atoms with van der Waals surface area (Å²) >= 11 is 0. The Hall–Kier alpha value is -2.54. The molecule has 0 bridgehead atoms. The topological polar surface area (TPSA) is 83.8 Å². The normalized spacial score (nSPS) is 16.4. The summed E-state index contributed by atoms with van der Waals surface area (Å²) < 4.78 is 39.3. The van der Waals surface area contributed by atoms with Gasteiger partial charge in [-0.05, 0) is 41.8 Å². The quantitative estimate of drug-likeness (QED) is 0.871. The monoisotopic (exact) mass is 361 g/mol. The lowest BCUT2D eigenvalue weighted by Crippen LogP contribution is -2.26. The zero-order valence-corrected chi connectivity index (χ0v) is 14.3. The van der Waals surface area contributed by atoms with Crippen LogP contribution in [-0.4, -0.2) is 24.9 Å². The molecule has 2 aromatic rings. The van der Waals surface area contributed by atoms with Gasteiger partial charge in [0.2, 0.25) is 0 Å². The van der Waals surface area contributed by atoms with Crippen LogP contribution in [-0.2, 0) is 20.4 Å². The van der Waals surface area contributed by atoms with Crippen molar-refractivity contribution in [2.24, 2.45) is 4.99 Å². The van der Waals surface area contributed by atoms with Crippen molar-refractivity contribution >= 4 is 21.4 Å². The Morgan fingerprint density at radius 2 is 1.96 bits per heavy atom. The maximum Gasteiger partial charge on any atom is 0.307 e. The van der Waals surface area contributed by atoms with E-state index >= 15 is 0 Å². The van der Waals surface area contributed by atoms with E-state index < -0.39 is 33.4 Å². The van der Waals surface area contributed by atoms with Gasteiger partial charge in [0.1, 0.15) is 5.82 Å². The van der Waals surface area contributed by atoms with Gasteiger partial charge in [-0.1, -0.05) is 24.3 Å². The van der Waals surface area contributed by atoms with Gasteiger partial charge in [-0.25, -0.2) is 12.8 Å². The van der Waals surface area contributed by atoms with Crippen molar-refractivity contribution < 1.29 is 22.7 Å². The molecule has 2 aromatic carbocycles. The second-order valence-electron chi connectivity index (χ2n) is 5.97. The van der Waals surface area contributed by atoms with E-state index in [4.69, 9.17) is 5.11 Å². The Labute approximate surface area is 144 Å². The number of nitrogens with zero attached hydrogens (tertiary/aromatic N) is 1. The zero-order valence-electron chi connectivity index (χ0n) is 13.4. The summed E-state index contributed by atoms with van der Waals surface area (Å²) in [5, 5.41) is 8.38. The Bertz CT molecular complexity index is 1080. The van der Waals surface area contributed by atoms with Crippen molar-refractivity contribution in [3.05, 3.63) is 70.0 Å². The first kappa shape index (κ1) is 17.3. The minimum atomic E-state index is -3.80. The molecule has 25 heavy (non-hydrogen) atoms. The molecule has 1 aliphatic rings. The van der Waals surface area contributed by atoms with Gasteiger partial charge in [-0.15, -0.1) is 0 Å². The van der Waals surface area contributed by atoms with Gasteiger partial charge in [0.25, 0.3) is 0 Å². The number of fused-ring (bicyclic) bond motifs is 1. The number of aliphatic carboxylic acids is 1. The maximum atomic E-state index is 13.5. The molecule has 1 unspecified atom stereocenters. The van der Waals surface area contributed by atoms with E-state index in [1.54, 1.807) is 12.1 Å². The molecule has 1 heterocycles. The van der Waals surface area contributed by atoms with E-state index in [9.17, 15) is 17.6 Å². The number of hydrogen-bond donors (Lipinski definition) is 1. The predicted octanol–water partition coefficient (Wildman–Crippen LogP) is 1.33. The van der Waals surface area contributed by atoms with Crippen LogP contribution in [0.15, 0.2) is 47.5 Å². The average molecular weight is 361 g/mol. The van der Waals surface area contributed by atoms with Crippen molar-refractivity contribution in [1.82, 2.24) is 0 Å². The molecule has 1 aliphatic heterocycles. The third kappa shape index (κ3) is 3.46. The second-order valence-corrected chi connectivity index (χ2v) is 8.03. The molecule has 0 aromatic heterocycles. The van der Waals surface area contributed by atoms with Crippen LogP contribution in [0.1, 0.15) is 17.5 Å². The van der Waals surface area contributed by atoms with Gasteiger partial charge in [0.15, 0.2) is 15.2 Å². The zero-order chi connectivity index (χ0) is 18.2. The molecular formula is C18H16FNO4S. The van der Waals surface area contributed by atoms with Crippen molar-refractivity contribution in [3.8, 4) is 0 Å². The number of benzene rings is 2. The maximum absolute atomic E-state index is 13.5. The molecule has 1 atom stereocenters. The Morgan fingerprint density at radius 3 is 2.64 bits per heavy atom. The largest absolute Gasteiger partial charge is 0.481 e. The predicted molar refractivity (Wildman–Crippen MR) is 90.4 cm³/mol. The summed E-state index contributed by atoms with van der Waals surface area (Å²) in [5.74, 6) is -2.00. The lowest BCUT2D eigenvalue weighted by Gasteiger charge is -2.14. The number of halogens is 1. The Balaban J connectivity index is 2.09. The van der Waals surface area contributed by atoms with E-state index in [-0.39, 0.29) is 16.5 Å². The van der Waals surface area contributed by atoms with E-state index in [2.05, 4.69) is 4.99 Å². The standard InChI is InChI=1S/C18H16FNO4S/c1-11-4-2-3-5-12(11)10-25(23,24)18-15(9-17(21)22)14-8-13(19)6-7-16(14)20-18/h2-8,18H,9-10H2,1H3,(H,21,22). The summed E-state index contributed by atoms with van der Waals surface area (Å²) in [7, 11) is -3.80. The number of rotatable bonds is 5. The Morgan fingerprint density at radius 1 is 1.24 bits per heavy atom. The van der Waals surface area contributed by atoms with Crippen LogP contribution in [0.25, 0.3) is 5.57 Å². The van der Waals surface area contributed by atoms with E-state index in [1.807, 2.05) is 19.1 Å². The molecule has 7 heteroatoms. The summed E-state index contributed by atoms with van der Waals surface area (Å²) in [4.78, 5) is 15.4. The molecule has 5 nitrogen and oxygen atoms in total. The number of carboxylic acids is 1. The average Bonchev–Trinajstić information content (AvgIpc) is 2.88. The second kappa shape index (κ2) is 6.40. The smallest absolute Gasteiger partial charge is 0.307 e. The van der Waals surface area contributed by atoms with Crippen LogP contribution in [0.4, 0.5) is 4.39 Å². The number of carbonyl (C=O) groups is 1.